The Labute approximate surface area is 74.2 Å². The van der Waals surface area contributed by atoms with Crippen LogP contribution in [0.5, 0.6) is 0 Å². The summed E-state index contributed by atoms with van der Waals surface area (Å²) in [6.07, 6.45) is -1.41. The highest BCUT2D eigenvalue weighted by atomic mass is 16.5. The van der Waals surface area contributed by atoms with Crippen molar-refractivity contribution in [3.8, 4) is 0 Å². The maximum atomic E-state index is 8.69. The van der Waals surface area contributed by atoms with Gasteiger partial charge in [0.2, 0.25) is 0 Å². The van der Waals surface area contributed by atoms with Crippen LogP contribution in [0.4, 0.5) is 0 Å². The van der Waals surface area contributed by atoms with Crippen molar-refractivity contribution in [2.24, 2.45) is 0 Å². The first-order valence-electron chi connectivity index (χ1n) is 3.92. The number of aromatic nitrogens is 3. The molecule has 0 atom stereocenters. The van der Waals surface area contributed by atoms with Gasteiger partial charge in [-0.1, -0.05) is 12.1 Å². The normalized spacial score (nSPS) is 11.3. The Bertz CT molecular complexity index is 377. The van der Waals surface area contributed by atoms with E-state index in [2.05, 4.69) is 10.2 Å². The van der Waals surface area contributed by atoms with Crippen molar-refractivity contribution in [1.29, 1.82) is 0 Å². The lowest BCUT2D eigenvalue weighted by molar-refractivity contribution is -0.0558. The molecule has 0 aliphatic heterocycles. The minimum absolute atomic E-state index is 0.00528. The first kappa shape index (κ1) is 8.15. The van der Waals surface area contributed by atoms with Crippen LogP contribution in [-0.4, -0.2) is 31.5 Å². The predicted molar refractivity (Wildman–Crippen MR) is 45.8 cm³/mol. The van der Waals surface area contributed by atoms with Gasteiger partial charge in [0.15, 0.2) is 6.29 Å². The second-order valence-electron chi connectivity index (χ2n) is 2.72. The Hall–Kier alpha value is -1.46. The van der Waals surface area contributed by atoms with Crippen LogP contribution in [0, 0.1) is 0 Å². The van der Waals surface area contributed by atoms with Crippen molar-refractivity contribution in [3.63, 3.8) is 0 Å². The van der Waals surface area contributed by atoms with Gasteiger partial charge in [-0.05, 0) is 12.1 Å². The van der Waals surface area contributed by atoms with Crippen LogP contribution in [-0.2, 0) is 6.54 Å². The summed E-state index contributed by atoms with van der Waals surface area (Å²) in [5.74, 6) is 0. The minimum atomic E-state index is -1.41. The van der Waals surface area contributed by atoms with E-state index in [0.717, 1.165) is 11.0 Å². The molecule has 5 heteroatoms. The molecule has 0 bridgehead atoms. The molecule has 2 N–H and O–H groups in total. The third-order valence-corrected chi connectivity index (χ3v) is 1.65. The first-order chi connectivity index (χ1) is 6.25. The number of hydrogen-bond acceptors (Lipinski definition) is 4. The number of hydrogen-bond donors (Lipinski definition) is 2. The predicted octanol–water partition coefficient (Wildman–Crippen LogP) is -0.258. The summed E-state index contributed by atoms with van der Waals surface area (Å²) in [5.41, 5.74) is 1.51. The molecule has 0 fully saturated rings. The van der Waals surface area contributed by atoms with Crippen LogP contribution >= 0.6 is 0 Å². The maximum Gasteiger partial charge on any atom is 0.173 e. The maximum absolute atomic E-state index is 8.69. The zero-order chi connectivity index (χ0) is 9.26. The Morgan fingerprint density at radius 3 is 2.15 bits per heavy atom. The largest absolute Gasteiger partial charge is 0.366 e. The van der Waals surface area contributed by atoms with E-state index in [-0.39, 0.29) is 6.54 Å². The van der Waals surface area contributed by atoms with Crippen LogP contribution in [0.25, 0.3) is 11.0 Å². The fourth-order valence-electron chi connectivity index (χ4n) is 1.13. The lowest BCUT2D eigenvalue weighted by Crippen LogP contribution is -2.16. The summed E-state index contributed by atoms with van der Waals surface area (Å²) in [6, 6.07) is 7.36. The molecule has 13 heavy (non-hydrogen) atoms. The molecular weight excluding hydrogens is 170 g/mol. The molecule has 0 amide bonds. The molecule has 2 aromatic rings. The van der Waals surface area contributed by atoms with Gasteiger partial charge in [-0.3, -0.25) is 0 Å². The molecule has 5 nitrogen and oxygen atoms in total. The quantitative estimate of drug-likeness (QED) is 0.623. The van der Waals surface area contributed by atoms with Crippen molar-refractivity contribution in [2.75, 3.05) is 0 Å². The van der Waals surface area contributed by atoms with E-state index in [9.17, 15) is 0 Å². The van der Waals surface area contributed by atoms with Gasteiger partial charge in [-0.15, -0.1) is 0 Å². The van der Waals surface area contributed by atoms with Gasteiger partial charge in [0.25, 0.3) is 0 Å². The molecule has 0 aliphatic rings. The molecule has 2 rings (SSSR count). The Balaban J connectivity index is 2.38. The van der Waals surface area contributed by atoms with E-state index in [1.165, 1.54) is 4.80 Å². The van der Waals surface area contributed by atoms with Crippen molar-refractivity contribution in [3.05, 3.63) is 24.3 Å². The van der Waals surface area contributed by atoms with Crippen LogP contribution in [0.2, 0.25) is 0 Å². The van der Waals surface area contributed by atoms with Crippen LogP contribution < -0.4 is 0 Å². The van der Waals surface area contributed by atoms with Crippen molar-refractivity contribution < 1.29 is 10.2 Å². The molecule has 0 spiro atoms. The number of benzene rings is 1. The van der Waals surface area contributed by atoms with Crippen LogP contribution in [0.1, 0.15) is 0 Å². The summed E-state index contributed by atoms with van der Waals surface area (Å²) in [5, 5.41) is 25.4. The molecule has 0 aliphatic carbocycles. The number of nitrogens with zero attached hydrogens (tertiary/aromatic N) is 3. The van der Waals surface area contributed by atoms with E-state index < -0.39 is 6.29 Å². The van der Waals surface area contributed by atoms with Gasteiger partial charge < -0.3 is 10.2 Å². The van der Waals surface area contributed by atoms with Gasteiger partial charge in [-0.25, -0.2) is 0 Å². The highest BCUT2D eigenvalue weighted by Gasteiger charge is 2.03. The number of aliphatic hydroxyl groups is 2. The van der Waals surface area contributed by atoms with Gasteiger partial charge in [0.1, 0.15) is 17.6 Å². The summed E-state index contributed by atoms with van der Waals surface area (Å²) in [7, 11) is 0. The zero-order valence-corrected chi connectivity index (χ0v) is 6.83. The second-order valence-corrected chi connectivity index (χ2v) is 2.72. The first-order valence-corrected chi connectivity index (χ1v) is 3.92. The highest BCUT2D eigenvalue weighted by Crippen LogP contribution is 2.06. The molecule has 1 heterocycles. The Morgan fingerprint density at radius 2 is 1.69 bits per heavy atom. The summed E-state index contributed by atoms with van der Waals surface area (Å²) < 4.78 is 0. The highest BCUT2D eigenvalue weighted by molar-refractivity contribution is 5.72. The standard InChI is InChI=1S/C8H9N3O2/c12-8(13)5-11-9-6-3-1-2-4-7(6)10-11/h1-4,8,12-13H,5H2. The van der Waals surface area contributed by atoms with E-state index >= 15 is 0 Å². The van der Waals surface area contributed by atoms with E-state index in [0.29, 0.717) is 0 Å². The Kier molecular flexibility index (Phi) is 1.96. The zero-order valence-electron chi connectivity index (χ0n) is 6.83. The SMILES string of the molecule is OC(O)Cn1nc2ccccc2n1. The van der Waals surface area contributed by atoms with Gasteiger partial charge in [-0.2, -0.15) is 15.0 Å². The molecule has 0 saturated heterocycles. The van der Waals surface area contributed by atoms with Crippen LogP contribution in [0.3, 0.4) is 0 Å². The van der Waals surface area contributed by atoms with Crippen molar-refractivity contribution in [1.82, 2.24) is 15.0 Å². The molecule has 0 radical (unpaired) electrons. The van der Waals surface area contributed by atoms with E-state index in [4.69, 9.17) is 10.2 Å². The monoisotopic (exact) mass is 179 g/mol. The molecular formula is C8H9N3O2. The smallest absolute Gasteiger partial charge is 0.173 e. The summed E-state index contributed by atoms with van der Waals surface area (Å²) in [6.45, 7) is -0.00528. The van der Waals surface area contributed by atoms with Crippen LogP contribution in [0.15, 0.2) is 24.3 Å². The van der Waals surface area contributed by atoms with Gasteiger partial charge in [0, 0.05) is 0 Å². The third kappa shape index (κ3) is 1.66. The van der Waals surface area contributed by atoms with Crippen molar-refractivity contribution >= 4 is 11.0 Å². The number of fused-ring (bicyclic) bond motifs is 1. The third-order valence-electron chi connectivity index (χ3n) is 1.65. The van der Waals surface area contributed by atoms with Crippen molar-refractivity contribution in [2.45, 2.75) is 12.8 Å². The topological polar surface area (TPSA) is 71.2 Å². The summed E-state index contributed by atoms with van der Waals surface area (Å²) in [4.78, 5) is 1.27. The molecule has 1 aromatic carbocycles. The minimum Gasteiger partial charge on any atom is -0.366 e. The molecule has 0 saturated carbocycles. The fraction of sp³-hybridized carbons (Fsp3) is 0.250. The Morgan fingerprint density at radius 1 is 1.15 bits per heavy atom. The average molecular weight is 179 g/mol. The molecule has 1 aromatic heterocycles. The van der Waals surface area contributed by atoms with Gasteiger partial charge in [0.05, 0.1) is 0 Å². The second kappa shape index (κ2) is 3.12. The molecule has 68 valence electrons. The summed E-state index contributed by atoms with van der Waals surface area (Å²) >= 11 is 0. The van der Waals surface area contributed by atoms with E-state index in [1.807, 2.05) is 24.3 Å². The number of rotatable bonds is 2. The lowest BCUT2D eigenvalue weighted by atomic mass is 10.3. The van der Waals surface area contributed by atoms with E-state index in [1.54, 1.807) is 0 Å². The van der Waals surface area contributed by atoms with Gasteiger partial charge >= 0.3 is 0 Å². The average Bonchev–Trinajstić information content (AvgIpc) is 2.44. The lowest BCUT2D eigenvalue weighted by Gasteiger charge is -1.99. The fourth-order valence-corrected chi connectivity index (χ4v) is 1.13. The number of aliphatic hydroxyl groups excluding tert-OH is 1. The molecule has 0 unspecified atom stereocenters.